The quantitative estimate of drug-likeness (QED) is 0.582. The number of hydrogen-bond acceptors (Lipinski definition) is 3. The first kappa shape index (κ1) is 17.9. The van der Waals surface area contributed by atoms with E-state index in [1.807, 2.05) is 30.3 Å². The molecule has 0 aliphatic rings. The molecule has 122 valence electrons. The van der Waals surface area contributed by atoms with E-state index in [0.29, 0.717) is 15.7 Å². The molecule has 1 amide bonds. The van der Waals surface area contributed by atoms with Crippen molar-refractivity contribution in [2.75, 3.05) is 10.6 Å². The first-order valence-corrected chi connectivity index (χ1v) is 8.01. The summed E-state index contributed by atoms with van der Waals surface area (Å²) in [5.41, 5.74) is 2.41. The van der Waals surface area contributed by atoms with Crippen LogP contribution in [-0.4, -0.2) is 5.91 Å². The van der Waals surface area contributed by atoms with Crippen molar-refractivity contribution >= 4 is 40.5 Å². The lowest BCUT2D eigenvalue weighted by molar-refractivity contribution is -0.112. The van der Waals surface area contributed by atoms with Crippen LogP contribution in [0.5, 0.6) is 0 Å². The molecular formula is C18H15Cl2N3O. The minimum absolute atomic E-state index is 0.0550. The summed E-state index contributed by atoms with van der Waals surface area (Å²) in [6.07, 6.45) is 2.32. The van der Waals surface area contributed by atoms with Gasteiger partial charge in [-0.3, -0.25) is 4.79 Å². The number of benzene rings is 2. The zero-order valence-electron chi connectivity index (χ0n) is 12.9. The van der Waals surface area contributed by atoms with E-state index in [0.717, 1.165) is 12.1 Å². The van der Waals surface area contributed by atoms with Crippen LogP contribution in [-0.2, 0) is 11.2 Å². The predicted octanol–water partition coefficient (Wildman–Crippen LogP) is 5.01. The lowest BCUT2D eigenvalue weighted by Crippen LogP contribution is -2.14. The molecule has 0 spiro atoms. The summed E-state index contributed by atoms with van der Waals surface area (Å²) >= 11 is 11.7. The first-order valence-electron chi connectivity index (χ1n) is 7.25. The molecule has 24 heavy (non-hydrogen) atoms. The summed E-state index contributed by atoms with van der Waals surface area (Å²) in [5.74, 6) is -0.534. The smallest absolute Gasteiger partial charge is 0.267 e. The van der Waals surface area contributed by atoms with Crippen molar-refractivity contribution in [1.82, 2.24) is 0 Å². The van der Waals surface area contributed by atoms with Crippen LogP contribution >= 0.6 is 23.2 Å². The van der Waals surface area contributed by atoms with Crippen LogP contribution in [0.1, 0.15) is 12.5 Å². The fraction of sp³-hybridized carbons (Fsp3) is 0.111. The second-order valence-corrected chi connectivity index (χ2v) is 5.76. The van der Waals surface area contributed by atoms with Gasteiger partial charge in [-0.2, -0.15) is 5.26 Å². The molecule has 2 N–H and O–H groups in total. The van der Waals surface area contributed by atoms with E-state index < -0.39 is 5.91 Å². The van der Waals surface area contributed by atoms with Crippen molar-refractivity contribution in [3.05, 3.63) is 69.8 Å². The van der Waals surface area contributed by atoms with Crippen LogP contribution in [0.4, 0.5) is 11.4 Å². The van der Waals surface area contributed by atoms with Gasteiger partial charge in [-0.15, -0.1) is 0 Å². The Labute approximate surface area is 150 Å². The van der Waals surface area contributed by atoms with Crippen LogP contribution in [0, 0.1) is 11.3 Å². The Bertz CT molecular complexity index is 808. The number of carbonyl (C=O) groups excluding carboxylic acids is 1. The Kier molecular flexibility index (Phi) is 6.25. The number of nitrogens with one attached hydrogen (secondary N) is 2. The maximum atomic E-state index is 12.1. The Hall–Kier alpha value is -2.48. The summed E-state index contributed by atoms with van der Waals surface area (Å²) in [5, 5.41) is 15.4. The van der Waals surface area contributed by atoms with Gasteiger partial charge >= 0.3 is 0 Å². The molecule has 0 saturated carbocycles. The van der Waals surface area contributed by atoms with Gasteiger partial charge in [-0.1, -0.05) is 42.3 Å². The molecule has 0 heterocycles. The largest absolute Gasteiger partial charge is 0.360 e. The maximum Gasteiger partial charge on any atom is 0.267 e. The molecular weight excluding hydrogens is 345 g/mol. The number of nitriles is 1. The van der Waals surface area contributed by atoms with E-state index in [1.165, 1.54) is 17.8 Å². The molecule has 0 saturated heterocycles. The van der Waals surface area contributed by atoms with Crippen molar-refractivity contribution in [1.29, 1.82) is 5.26 Å². The van der Waals surface area contributed by atoms with E-state index >= 15 is 0 Å². The van der Waals surface area contributed by atoms with E-state index in [9.17, 15) is 4.79 Å². The highest BCUT2D eigenvalue weighted by Gasteiger charge is 2.10. The lowest BCUT2D eigenvalue weighted by Gasteiger charge is -2.06. The minimum atomic E-state index is -0.534. The summed E-state index contributed by atoms with van der Waals surface area (Å²) in [6.45, 7) is 2.07. The van der Waals surface area contributed by atoms with E-state index in [1.54, 1.807) is 12.1 Å². The first-order chi connectivity index (χ1) is 11.5. The van der Waals surface area contributed by atoms with Gasteiger partial charge in [0.05, 0.1) is 10.0 Å². The number of carbonyl (C=O) groups is 1. The predicted molar refractivity (Wildman–Crippen MR) is 98.2 cm³/mol. The van der Waals surface area contributed by atoms with Crippen molar-refractivity contribution < 1.29 is 4.79 Å². The van der Waals surface area contributed by atoms with Gasteiger partial charge in [0.1, 0.15) is 11.6 Å². The second-order valence-electron chi connectivity index (χ2n) is 4.95. The molecule has 0 unspecified atom stereocenters. The van der Waals surface area contributed by atoms with Crippen molar-refractivity contribution in [3.8, 4) is 6.07 Å². The molecule has 0 atom stereocenters. The number of nitrogens with zero attached hydrogens (tertiary/aromatic N) is 1. The minimum Gasteiger partial charge on any atom is -0.360 e. The molecule has 0 bridgehead atoms. The molecule has 0 aliphatic heterocycles. The zero-order chi connectivity index (χ0) is 17.5. The van der Waals surface area contributed by atoms with Gasteiger partial charge < -0.3 is 10.6 Å². The van der Waals surface area contributed by atoms with Gasteiger partial charge in [0, 0.05) is 17.6 Å². The van der Waals surface area contributed by atoms with Crippen molar-refractivity contribution in [3.63, 3.8) is 0 Å². The molecule has 0 aliphatic carbocycles. The average molecular weight is 360 g/mol. The molecule has 2 aromatic carbocycles. The highest BCUT2D eigenvalue weighted by Crippen LogP contribution is 2.25. The van der Waals surface area contributed by atoms with Crippen molar-refractivity contribution in [2.45, 2.75) is 13.3 Å². The van der Waals surface area contributed by atoms with E-state index in [4.69, 9.17) is 28.5 Å². The highest BCUT2D eigenvalue weighted by molar-refractivity contribution is 6.42. The maximum absolute atomic E-state index is 12.1. The highest BCUT2D eigenvalue weighted by atomic mass is 35.5. The number of rotatable bonds is 5. The third-order valence-corrected chi connectivity index (χ3v) is 4.03. The van der Waals surface area contributed by atoms with Crippen LogP contribution in [0.15, 0.2) is 54.2 Å². The number of halogens is 2. The molecule has 2 aromatic rings. The zero-order valence-corrected chi connectivity index (χ0v) is 14.4. The van der Waals surface area contributed by atoms with Crippen LogP contribution in [0.3, 0.4) is 0 Å². The van der Waals surface area contributed by atoms with Gasteiger partial charge in [0.2, 0.25) is 0 Å². The Morgan fingerprint density at radius 3 is 2.38 bits per heavy atom. The normalized spacial score (nSPS) is 10.8. The summed E-state index contributed by atoms with van der Waals surface area (Å²) in [7, 11) is 0. The molecule has 2 rings (SSSR count). The monoisotopic (exact) mass is 359 g/mol. The third-order valence-electron chi connectivity index (χ3n) is 3.29. The lowest BCUT2D eigenvalue weighted by atomic mass is 10.1. The fourth-order valence-corrected chi connectivity index (χ4v) is 2.21. The SMILES string of the molecule is CCc1ccc(N/C=C(/C#N)C(=O)Nc2ccc(Cl)c(Cl)c2)cc1. The molecule has 0 radical (unpaired) electrons. The standard InChI is InChI=1S/C18H15Cl2N3O/c1-2-12-3-5-14(6-4-12)22-11-13(10-21)18(24)23-15-7-8-16(19)17(20)9-15/h3-9,11,22H,2H2,1H3,(H,23,24)/b13-11-. The number of hydrogen-bond donors (Lipinski definition) is 2. The molecule has 0 aromatic heterocycles. The van der Waals surface area contributed by atoms with Gasteiger partial charge in [-0.05, 0) is 42.3 Å². The number of amides is 1. The molecule has 6 heteroatoms. The number of anilines is 2. The van der Waals surface area contributed by atoms with Gasteiger partial charge in [0.15, 0.2) is 0 Å². The average Bonchev–Trinajstić information content (AvgIpc) is 2.59. The summed E-state index contributed by atoms with van der Waals surface area (Å²) < 4.78 is 0. The van der Waals surface area contributed by atoms with E-state index in [-0.39, 0.29) is 5.57 Å². The van der Waals surface area contributed by atoms with Crippen LogP contribution in [0.2, 0.25) is 10.0 Å². The summed E-state index contributed by atoms with van der Waals surface area (Å²) in [4.78, 5) is 12.1. The third kappa shape index (κ3) is 4.76. The molecule has 4 nitrogen and oxygen atoms in total. The Morgan fingerprint density at radius 1 is 1.12 bits per heavy atom. The topological polar surface area (TPSA) is 64.9 Å². The van der Waals surface area contributed by atoms with E-state index in [2.05, 4.69) is 17.6 Å². The number of aryl methyl sites for hydroxylation is 1. The fourth-order valence-electron chi connectivity index (χ4n) is 1.91. The van der Waals surface area contributed by atoms with Gasteiger partial charge in [0.25, 0.3) is 5.91 Å². The Morgan fingerprint density at radius 2 is 1.79 bits per heavy atom. The summed E-state index contributed by atoms with van der Waals surface area (Å²) in [6, 6.07) is 14.3. The Balaban J connectivity index is 2.07. The van der Waals surface area contributed by atoms with Crippen LogP contribution in [0.25, 0.3) is 0 Å². The second kappa shape index (κ2) is 8.39. The van der Waals surface area contributed by atoms with Crippen LogP contribution < -0.4 is 10.6 Å². The molecule has 0 fully saturated rings. The van der Waals surface area contributed by atoms with Crippen molar-refractivity contribution in [2.24, 2.45) is 0 Å². The van der Waals surface area contributed by atoms with Gasteiger partial charge in [-0.25, -0.2) is 0 Å².